The number of nitrogens with zero attached hydrogens (tertiary/aromatic N) is 2. The molecule has 23 heavy (non-hydrogen) atoms. The highest BCUT2D eigenvalue weighted by molar-refractivity contribution is 7.99. The largest absolute Gasteiger partial charge is 0.486 e. The van der Waals surface area contributed by atoms with Gasteiger partial charge in [0, 0.05) is 6.20 Å². The van der Waals surface area contributed by atoms with E-state index in [1.54, 1.807) is 18.3 Å². The zero-order chi connectivity index (χ0) is 16.1. The zero-order valence-electron chi connectivity index (χ0n) is 12.6. The molecular formula is C16H16N4O2S. The summed E-state index contributed by atoms with van der Waals surface area (Å²) in [5.74, 6) is 1.71. The normalized spacial score (nSPS) is 10.7. The van der Waals surface area contributed by atoms with Gasteiger partial charge >= 0.3 is 0 Å². The van der Waals surface area contributed by atoms with Gasteiger partial charge in [0.2, 0.25) is 5.16 Å². The van der Waals surface area contributed by atoms with Gasteiger partial charge in [-0.2, -0.15) is 0 Å². The minimum atomic E-state index is 0.0160. The molecule has 0 atom stereocenters. The number of thioether (sulfide) groups is 1. The Morgan fingerprint density at radius 2 is 2.09 bits per heavy atom. The predicted octanol–water partition coefficient (Wildman–Crippen LogP) is 3.00. The number of aromatic nitrogens is 4. The Morgan fingerprint density at radius 1 is 1.26 bits per heavy atom. The molecule has 0 aliphatic rings. The maximum absolute atomic E-state index is 11.9. The van der Waals surface area contributed by atoms with E-state index in [4.69, 9.17) is 4.74 Å². The van der Waals surface area contributed by atoms with Crippen LogP contribution in [0.5, 0.6) is 5.75 Å². The van der Waals surface area contributed by atoms with Gasteiger partial charge in [0.1, 0.15) is 12.4 Å². The van der Waals surface area contributed by atoms with Crippen molar-refractivity contribution in [1.82, 2.24) is 20.2 Å². The van der Waals surface area contributed by atoms with Crippen molar-refractivity contribution in [2.24, 2.45) is 0 Å². The second kappa shape index (κ2) is 7.15. The topological polar surface area (TPSA) is 83.7 Å². The Balaban J connectivity index is 1.50. The number of carbonyl (C=O) groups excluding carboxylic acids is 1. The average molecular weight is 328 g/mol. The molecule has 0 amide bonds. The third-order valence-corrected chi connectivity index (χ3v) is 3.99. The first-order chi connectivity index (χ1) is 11.2. The van der Waals surface area contributed by atoms with Crippen molar-refractivity contribution >= 4 is 17.5 Å². The molecule has 0 saturated carbocycles. The molecule has 3 rings (SSSR count). The first-order valence-electron chi connectivity index (χ1n) is 7.11. The molecule has 0 fully saturated rings. The van der Waals surface area contributed by atoms with E-state index in [1.165, 1.54) is 17.3 Å². The SMILES string of the molecule is Cc1ccc(OCc2nc(SCC(=O)c3ccc[nH]3)n[nH]2)cc1. The Kier molecular flexibility index (Phi) is 4.77. The number of Topliss-reactive ketones (excluding diaryl/α,β-unsaturated/α-hetero) is 1. The molecule has 0 unspecified atom stereocenters. The molecule has 0 bridgehead atoms. The predicted molar refractivity (Wildman–Crippen MR) is 87.7 cm³/mol. The maximum atomic E-state index is 11.9. The van der Waals surface area contributed by atoms with E-state index in [2.05, 4.69) is 20.2 Å². The molecule has 2 aromatic heterocycles. The van der Waals surface area contributed by atoms with Gasteiger partial charge in [-0.3, -0.25) is 9.89 Å². The van der Waals surface area contributed by atoms with E-state index in [9.17, 15) is 4.79 Å². The lowest BCUT2D eigenvalue weighted by Crippen LogP contribution is -2.02. The van der Waals surface area contributed by atoms with Crippen LogP contribution in [0.1, 0.15) is 21.9 Å². The number of ether oxygens (including phenoxy) is 1. The summed E-state index contributed by atoms with van der Waals surface area (Å²) in [5.41, 5.74) is 1.78. The molecule has 0 aliphatic carbocycles. The fourth-order valence-corrected chi connectivity index (χ4v) is 2.61. The summed E-state index contributed by atoms with van der Waals surface area (Å²) in [6.07, 6.45) is 1.73. The molecule has 7 heteroatoms. The molecule has 6 nitrogen and oxygen atoms in total. The number of carbonyl (C=O) groups is 1. The standard InChI is InChI=1S/C16H16N4O2S/c1-11-4-6-12(7-5-11)22-9-15-18-16(20-19-15)23-10-14(21)13-3-2-8-17-13/h2-8,17H,9-10H2,1H3,(H,18,19,20). The van der Waals surface area contributed by atoms with Crippen LogP contribution in [0.3, 0.4) is 0 Å². The Morgan fingerprint density at radius 3 is 2.83 bits per heavy atom. The van der Waals surface area contributed by atoms with E-state index in [1.807, 2.05) is 31.2 Å². The Hall–Kier alpha value is -2.54. The second-order valence-corrected chi connectivity index (χ2v) is 5.90. The third kappa shape index (κ3) is 4.23. The molecular weight excluding hydrogens is 312 g/mol. The van der Waals surface area contributed by atoms with Crippen molar-refractivity contribution in [2.45, 2.75) is 18.7 Å². The maximum Gasteiger partial charge on any atom is 0.208 e. The highest BCUT2D eigenvalue weighted by Crippen LogP contribution is 2.16. The summed E-state index contributed by atoms with van der Waals surface area (Å²) < 4.78 is 5.63. The van der Waals surface area contributed by atoms with Gasteiger partial charge in [-0.15, -0.1) is 5.10 Å². The first kappa shape index (κ1) is 15.4. The molecule has 2 N–H and O–H groups in total. The van der Waals surface area contributed by atoms with Gasteiger partial charge in [0.15, 0.2) is 11.6 Å². The van der Waals surface area contributed by atoms with Crippen molar-refractivity contribution in [2.75, 3.05) is 5.75 Å². The fraction of sp³-hybridized carbons (Fsp3) is 0.188. The lowest BCUT2D eigenvalue weighted by molar-refractivity contribution is 0.101. The van der Waals surface area contributed by atoms with Crippen LogP contribution in [0.2, 0.25) is 0 Å². The van der Waals surface area contributed by atoms with Crippen LogP contribution in [-0.2, 0) is 6.61 Å². The summed E-state index contributed by atoms with van der Waals surface area (Å²) >= 11 is 1.29. The third-order valence-electron chi connectivity index (χ3n) is 3.14. The average Bonchev–Trinajstić information content (AvgIpc) is 3.24. The van der Waals surface area contributed by atoms with Crippen molar-refractivity contribution < 1.29 is 9.53 Å². The van der Waals surface area contributed by atoms with E-state index in [0.29, 0.717) is 23.3 Å². The molecule has 1 aromatic carbocycles. The number of ketones is 1. The number of aryl methyl sites for hydroxylation is 1. The van der Waals surface area contributed by atoms with E-state index >= 15 is 0 Å². The van der Waals surface area contributed by atoms with Gasteiger partial charge in [-0.25, -0.2) is 4.98 Å². The second-order valence-electron chi connectivity index (χ2n) is 4.96. The molecule has 0 spiro atoms. The zero-order valence-corrected chi connectivity index (χ0v) is 13.4. The quantitative estimate of drug-likeness (QED) is 0.514. The highest BCUT2D eigenvalue weighted by Gasteiger charge is 2.10. The van der Waals surface area contributed by atoms with Crippen molar-refractivity contribution in [3.63, 3.8) is 0 Å². The van der Waals surface area contributed by atoms with Gasteiger partial charge in [0.05, 0.1) is 11.4 Å². The van der Waals surface area contributed by atoms with Crippen LogP contribution < -0.4 is 4.74 Å². The molecule has 0 aliphatic heterocycles. The number of H-pyrrole nitrogens is 2. The lowest BCUT2D eigenvalue weighted by Gasteiger charge is -2.03. The van der Waals surface area contributed by atoms with Crippen LogP contribution in [0, 0.1) is 6.92 Å². The Labute approximate surface area is 137 Å². The number of rotatable bonds is 7. The van der Waals surface area contributed by atoms with Crippen LogP contribution in [0.15, 0.2) is 47.8 Å². The van der Waals surface area contributed by atoms with Gasteiger partial charge in [-0.05, 0) is 31.2 Å². The van der Waals surface area contributed by atoms with E-state index < -0.39 is 0 Å². The lowest BCUT2D eigenvalue weighted by atomic mass is 10.2. The highest BCUT2D eigenvalue weighted by atomic mass is 32.2. The van der Waals surface area contributed by atoms with Gasteiger partial charge < -0.3 is 9.72 Å². The molecule has 0 radical (unpaired) electrons. The number of aromatic amines is 2. The summed E-state index contributed by atoms with van der Waals surface area (Å²) in [7, 11) is 0. The monoisotopic (exact) mass is 328 g/mol. The van der Waals surface area contributed by atoms with Crippen molar-refractivity contribution in [3.8, 4) is 5.75 Å². The van der Waals surface area contributed by atoms with Crippen LogP contribution in [-0.4, -0.2) is 31.7 Å². The number of hydrogen-bond donors (Lipinski definition) is 2. The number of hydrogen-bond acceptors (Lipinski definition) is 5. The van der Waals surface area contributed by atoms with Crippen LogP contribution in [0.4, 0.5) is 0 Å². The first-order valence-corrected chi connectivity index (χ1v) is 8.09. The molecule has 3 aromatic rings. The minimum Gasteiger partial charge on any atom is -0.486 e. The van der Waals surface area contributed by atoms with Crippen molar-refractivity contribution in [1.29, 1.82) is 0 Å². The van der Waals surface area contributed by atoms with Gasteiger partial charge in [0.25, 0.3) is 0 Å². The minimum absolute atomic E-state index is 0.0160. The van der Waals surface area contributed by atoms with Crippen LogP contribution >= 0.6 is 11.8 Å². The molecule has 2 heterocycles. The van der Waals surface area contributed by atoms with Crippen LogP contribution in [0.25, 0.3) is 0 Å². The number of benzene rings is 1. The molecule has 118 valence electrons. The van der Waals surface area contributed by atoms with Crippen molar-refractivity contribution in [3.05, 3.63) is 59.7 Å². The van der Waals surface area contributed by atoms with E-state index in [-0.39, 0.29) is 11.5 Å². The fourth-order valence-electron chi connectivity index (χ4n) is 1.90. The Bertz CT molecular complexity index is 766. The van der Waals surface area contributed by atoms with Gasteiger partial charge in [-0.1, -0.05) is 29.5 Å². The summed E-state index contributed by atoms with van der Waals surface area (Å²) in [6.45, 7) is 2.33. The summed E-state index contributed by atoms with van der Waals surface area (Å²) in [5, 5.41) is 7.43. The summed E-state index contributed by atoms with van der Waals surface area (Å²) in [6, 6.07) is 11.4. The number of nitrogens with one attached hydrogen (secondary N) is 2. The summed E-state index contributed by atoms with van der Waals surface area (Å²) in [4.78, 5) is 19.1. The van der Waals surface area contributed by atoms with E-state index in [0.717, 1.165) is 5.75 Å². The molecule has 0 saturated heterocycles. The smallest absolute Gasteiger partial charge is 0.208 e.